The predicted octanol–water partition coefficient (Wildman–Crippen LogP) is 7.88. The van der Waals surface area contributed by atoms with Crippen LogP contribution in [-0.2, 0) is 11.4 Å². The molecule has 0 saturated carbocycles. The van der Waals surface area contributed by atoms with Gasteiger partial charge in [0.15, 0.2) is 5.16 Å². The number of carboxylic acids is 1. The third kappa shape index (κ3) is 6.16. The molecule has 0 radical (unpaired) electrons. The molecule has 4 rings (SSSR count). The van der Waals surface area contributed by atoms with Crippen molar-refractivity contribution in [3.05, 3.63) is 87.8 Å². The second kappa shape index (κ2) is 10.9. The SMILES string of the molecule is O=C(O)/C(=C/c1cc(I)c(OCc2ccc(Cl)cc2Cl)c(I)c1)Sc1nc2ccccc2[nH]1. The van der Waals surface area contributed by atoms with Crippen LogP contribution in [0.3, 0.4) is 0 Å². The van der Waals surface area contributed by atoms with Crippen molar-refractivity contribution in [2.45, 2.75) is 11.8 Å². The smallest absolute Gasteiger partial charge is 0.342 e. The highest BCUT2D eigenvalue weighted by Gasteiger charge is 2.15. The lowest BCUT2D eigenvalue weighted by molar-refractivity contribution is -0.131. The molecule has 0 aliphatic rings. The Balaban J connectivity index is 1.56. The first kappa shape index (κ1) is 24.6. The van der Waals surface area contributed by atoms with Crippen molar-refractivity contribution in [1.29, 1.82) is 0 Å². The van der Waals surface area contributed by atoms with Crippen molar-refractivity contribution in [3.8, 4) is 5.75 Å². The molecule has 0 spiro atoms. The van der Waals surface area contributed by atoms with Gasteiger partial charge in [0.1, 0.15) is 17.3 Å². The molecule has 5 nitrogen and oxygen atoms in total. The molecule has 10 heteroatoms. The van der Waals surface area contributed by atoms with Gasteiger partial charge in [-0.3, -0.25) is 0 Å². The standard InChI is InChI=1S/C23H14Cl2I2N2O3S/c24-14-6-5-13(15(25)10-14)11-32-21-16(26)7-12(8-17(21)27)9-20(22(30)31)33-23-28-18-3-1-2-4-19(18)29-23/h1-10H,11H2,(H,28,29)(H,30,31)/b20-9-. The zero-order chi connectivity index (χ0) is 23.5. The Kier molecular flexibility index (Phi) is 8.11. The number of hydrogen-bond acceptors (Lipinski definition) is 4. The average molecular weight is 723 g/mol. The molecule has 0 saturated heterocycles. The van der Waals surface area contributed by atoms with Gasteiger partial charge in [0.05, 0.1) is 18.2 Å². The Morgan fingerprint density at radius 3 is 2.52 bits per heavy atom. The molecule has 0 unspecified atom stereocenters. The van der Waals surface area contributed by atoms with Gasteiger partial charge in [-0.1, -0.05) is 41.4 Å². The van der Waals surface area contributed by atoms with E-state index in [-0.39, 0.29) is 4.91 Å². The monoisotopic (exact) mass is 722 g/mol. The van der Waals surface area contributed by atoms with E-state index in [4.69, 9.17) is 27.9 Å². The molecule has 0 aliphatic carbocycles. The summed E-state index contributed by atoms with van der Waals surface area (Å²) >= 11 is 17.6. The zero-order valence-corrected chi connectivity index (χ0v) is 23.3. The number of aliphatic carboxylic acids is 1. The summed E-state index contributed by atoms with van der Waals surface area (Å²) in [5, 5.41) is 11.4. The second-order valence-electron chi connectivity index (χ2n) is 6.81. The van der Waals surface area contributed by atoms with Gasteiger partial charge in [0, 0.05) is 15.6 Å². The second-order valence-corrected chi connectivity index (χ2v) is 11.0. The molecule has 1 aromatic heterocycles. The minimum Gasteiger partial charge on any atom is -0.487 e. The van der Waals surface area contributed by atoms with E-state index in [1.807, 2.05) is 42.5 Å². The number of halogens is 4. The van der Waals surface area contributed by atoms with E-state index in [1.165, 1.54) is 0 Å². The number of H-pyrrole nitrogens is 1. The minimum atomic E-state index is -1.02. The van der Waals surface area contributed by atoms with Crippen molar-refractivity contribution in [3.63, 3.8) is 0 Å². The molecule has 168 valence electrons. The van der Waals surface area contributed by atoms with Gasteiger partial charge in [-0.05, 0) is 105 Å². The van der Waals surface area contributed by atoms with E-state index in [0.717, 1.165) is 41.1 Å². The highest BCUT2D eigenvalue weighted by molar-refractivity contribution is 14.1. The number of nitrogens with one attached hydrogen (secondary N) is 1. The number of benzene rings is 3. The highest BCUT2D eigenvalue weighted by Crippen LogP contribution is 2.33. The topological polar surface area (TPSA) is 75.2 Å². The number of aromatic nitrogens is 2. The first-order valence-corrected chi connectivity index (χ1v) is 13.2. The summed E-state index contributed by atoms with van der Waals surface area (Å²) in [7, 11) is 0. The Morgan fingerprint density at radius 2 is 1.85 bits per heavy atom. The Morgan fingerprint density at radius 1 is 1.12 bits per heavy atom. The lowest BCUT2D eigenvalue weighted by atomic mass is 10.2. The Labute approximate surface area is 231 Å². The van der Waals surface area contributed by atoms with Crippen molar-refractivity contribution in [2.24, 2.45) is 0 Å². The maximum atomic E-state index is 11.9. The lowest BCUT2D eigenvalue weighted by Crippen LogP contribution is -2.01. The van der Waals surface area contributed by atoms with Crippen LogP contribution in [-0.4, -0.2) is 21.0 Å². The molecule has 0 fully saturated rings. The van der Waals surface area contributed by atoms with Crippen molar-refractivity contribution in [2.75, 3.05) is 0 Å². The average Bonchev–Trinajstić information content (AvgIpc) is 3.16. The number of thioether (sulfide) groups is 1. The molecule has 1 heterocycles. The number of nitrogens with zero attached hydrogens (tertiary/aromatic N) is 1. The van der Waals surface area contributed by atoms with Crippen LogP contribution in [0.5, 0.6) is 5.75 Å². The maximum absolute atomic E-state index is 11.9. The summed E-state index contributed by atoms with van der Waals surface area (Å²) in [6, 6.07) is 16.6. The normalized spacial score (nSPS) is 11.7. The third-order valence-electron chi connectivity index (χ3n) is 4.49. The Hall–Kier alpha value is -1.47. The Bertz CT molecular complexity index is 1340. The number of fused-ring (bicyclic) bond motifs is 1. The van der Waals surface area contributed by atoms with Gasteiger partial charge < -0.3 is 14.8 Å². The number of imidazole rings is 1. The molecular weight excluding hydrogens is 709 g/mol. The van der Waals surface area contributed by atoms with E-state index in [1.54, 1.807) is 18.2 Å². The van der Waals surface area contributed by atoms with Gasteiger partial charge in [0.2, 0.25) is 0 Å². The van der Waals surface area contributed by atoms with Crippen molar-refractivity contribution >= 4 is 103 Å². The number of para-hydroxylation sites is 2. The maximum Gasteiger partial charge on any atom is 0.342 e. The van der Waals surface area contributed by atoms with E-state index < -0.39 is 5.97 Å². The molecule has 0 aliphatic heterocycles. The first-order valence-electron chi connectivity index (χ1n) is 9.43. The third-order valence-corrected chi connectivity index (χ3v) is 7.58. The summed E-state index contributed by atoms with van der Waals surface area (Å²) < 4.78 is 7.72. The number of aromatic amines is 1. The fourth-order valence-electron chi connectivity index (χ4n) is 2.96. The van der Waals surface area contributed by atoms with Gasteiger partial charge in [-0.2, -0.15) is 0 Å². The van der Waals surface area contributed by atoms with Crippen LogP contribution < -0.4 is 4.74 Å². The molecule has 3 aromatic carbocycles. The van der Waals surface area contributed by atoms with Crippen LogP contribution in [0, 0.1) is 7.14 Å². The molecular formula is C23H14Cl2I2N2O3S. The number of carboxylic acid groups (broad SMARTS) is 1. The van der Waals surface area contributed by atoms with Crippen molar-refractivity contribution in [1.82, 2.24) is 9.97 Å². The van der Waals surface area contributed by atoms with Crippen LogP contribution >= 0.6 is 80.1 Å². The van der Waals surface area contributed by atoms with Crippen LogP contribution in [0.15, 0.2) is 64.7 Å². The fourth-order valence-corrected chi connectivity index (χ4v) is 6.34. The van der Waals surface area contributed by atoms with Gasteiger partial charge >= 0.3 is 5.97 Å². The van der Waals surface area contributed by atoms with Crippen LogP contribution in [0.2, 0.25) is 10.0 Å². The first-order chi connectivity index (χ1) is 15.8. The number of hydrogen-bond donors (Lipinski definition) is 2. The molecule has 0 amide bonds. The van der Waals surface area contributed by atoms with E-state index in [9.17, 15) is 9.90 Å². The number of carbonyl (C=O) groups is 1. The fraction of sp³-hybridized carbons (Fsp3) is 0.0435. The summed E-state index contributed by atoms with van der Waals surface area (Å²) in [4.78, 5) is 19.6. The van der Waals surface area contributed by atoms with Crippen molar-refractivity contribution < 1.29 is 14.6 Å². The summed E-state index contributed by atoms with van der Waals surface area (Å²) in [5.74, 6) is -0.315. The summed E-state index contributed by atoms with van der Waals surface area (Å²) in [6.45, 7) is 0.291. The van der Waals surface area contributed by atoms with Crippen LogP contribution in [0.4, 0.5) is 0 Å². The molecule has 2 N–H and O–H groups in total. The van der Waals surface area contributed by atoms with E-state index >= 15 is 0 Å². The van der Waals surface area contributed by atoms with Crippen LogP contribution in [0.25, 0.3) is 17.1 Å². The van der Waals surface area contributed by atoms with Crippen LogP contribution in [0.1, 0.15) is 11.1 Å². The lowest BCUT2D eigenvalue weighted by Gasteiger charge is -2.13. The largest absolute Gasteiger partial charge is 0.487 e. The van der Waals surface area contributed by atoms with E-state index in [0.29, 0.717) is 27.6 Å². The highest BCUT2D eigenvalue weighted by atomic mass is 127. The molecule has 0 bridgehead atoms. The van der Waals surface area contributed by atoms with Gasteiger partial charge in [-0.25, -0.2) is 9.78 Å². The summed E-state index contributed by atoms with van der Waals surface area (Å²) in [6.07, 6.45) is 1.63. The molecule has 0 atom stereocenters. The number of rotatable bonds is 7. The number of ether oxygens (including phenoxy) is 1. The quantitative estimate of drug-likeness (QED) is 0.115. The molecule has 4 aromatic rings. The summed E-state index contributed by atoms with van der Waals surface area (Å²) in [5.41, 5.74) is 3.22. The molecule has 33 heavy (non-hydrogen) atoms. The zero-order valence-electron chi connectivity index (χ0n) is 16.6. The van der Waals surface area contributed by atoms with Gasteiger partial charge in [-0.15, -0.1) is 0 Å². The van der Waals surface area contributed by atoms with E-state index in [2.05, 4.69) is 55.1 Å². The van der Waals surface area contributed by atoms with Gasteiger partial charge in [0.25, 0.3) is 0 Å². The predicted molar refractivity (Wildman–Crippen MR) is 150 cm³/mol. The minimum absolute atomic E-state index is 0.155.